The van der Waals surface area contributed by atoms with E-state index in [0.29, 0.717) is 37.9 Å². The zero-order valence-electron chi connectivity index (χ0n) is 20.0. The van der Waals surface area contributed by atoms with Crippen LogP contribution in [0.3, 0.4) is 0 Å². The number of methoxy groups -OCH3 is 1. The third kappa shape index (κ3) is 6.51. The lowest BCUT2D eigenvalue weighted by molar-refractivity contribution is -0.142. The Bertz CT molecular complexity index is 948. The van der Waals surface area contributed by atoms with Crippen LogP contribution in [0.4, 0.5) is 10.3 Å². The van der Waals surface area contributed by atoms with E-state index in [1.54, 1.807) is 20.1 Å². The number of piperidine rings is 1. The van der Waals surface area contributed by atoms with Crippen LogP contribution in [-0.2, 0) is 38.6 Å². The molecule has 8 heteroatoms. The van der Waals surface area contributed by atoms with Crippen molar-refractivity contribution in [1.82, 2.24) is 9.97 Å². The van der Waals surface area contributed by atoms with Crippen molar-refractivity contribution in [2.75, 3.05) is 38.3 Å². The summed E-state index contributed by atoms with van der Waals surface area (Å²) in [5, 5.41) is 0. The molecule has 1 aliphatic carbocycles. The van der Waals surface area contributed by atoms with E-state index in [1.807, 2.05) is 18.5 Å². The molecular weight excluding hydrogens is 437 g/mol. The molecule has 0 N–H and O–H groups in total. The molecule has 2 atom stereocenters. The SMILES string of the molecule is CCOC(=O)Cc1ccc(COC[C@@H]2CC2C2CCN(c3ncc(COC)cn3)CC2)cc1F. The Kier molecular flexibility index (Phi) is 8.45. The van der Waals surface area contributed by atoms with Gasteiger partial charge < -0.3 is 19.1 Å². The fourth-order valence-electron chi connectivity index (χ4n) is 4.84. The number of hydrogen-bond donors (Lipinski definition) is 0. The van der Waals surface area contributed by atoms with Crippen molar-refractivity contribution < 1.29 is 23.4 Å². The Labute approximate surface area is 200 Å². The summed E-state index contributed by atoms with van der Waals surface area (Å²) in [7, 11) is 1.67. The maximum Gasteiger partial charge on any atom is 0.310 e. The van der Waals surface area contributed by atoms with Crippen molar-refractivity contribution in [3.8, 4) is 0 Å². The molecule has 1 unspecified atom stereocenters. The minimum Gasteiger partial charge on any atom is -0.466 e. The Hall–Kier alpha value is -2.58. The van der Waals surface area contributed by atoms with Gasteiger partial charge in [0.1, 0.15) is 5.82 Å². The smallest absolute Gasteiger partial charge is 0.310 e. The van der Waals surface area contributed by atoms with E-state index >= 15 is 0 Å². The number of aromatic nitrogens is 2. The first kappa shape index (κ1) is 24.5. The van der Waals surface area contributed by atoms with Gasteiger partial charge in [-0.25, -0.2) is 14.4 Å². The molecule has 2 aromatic rings. The first-order valence-corrected chi connectivity index (χ1v) is 12.1. The van der Waals surface area contributed by atoms with Crippen molar-refractivity contribution in [3.63, 3.8) is 0 Å². The lowest BCUT2D eigenvalue weighted by Crippen LogP contribution is -2.35. The zero-order chi connectivity index (χ0) is 23.9. The molecule has 0 spiro atoms. The summed E-state index contributed by atoms with van der Waals surface area (Å²) in [6, 6.07) is 4.92. The normalized spacial score (nSPS) is 20.4. The topological polar surface area (TPSA) is 73.8 Å². The lowest BCUT2D eigenvalue weighted by Gasteiger charge is -2.32. The first-order valence-electron chi connectivity index (χ1n) is 12.1. The molecule has 184 valence electrons. The second-order valence-electron chi connectivity index (χ2n) is 9.23. The molecule has 1 saturated heterocycles. The molecule has 2 heterocycles. The summed E-state index contributed by atoms with van der Waals surface area (Å²) in [5.74, 6) is 2.03. The highest BCUT2D eigenvalue weighted by molar-refractivity contribution is 5.72. The molecule has 0 amide bonds. The third-order valence-electron chi connectivity index (χ3n) is 6.77. The number of ether oxygens (including phenoxy) is 3. The van der Waals surface area contributed by atoms with Crippen LogP contribution < -0.4 is 4.90 Å². The molecule has 1 saturated carbocycles. The van der Waals surface area contributed by atoms with Crippen LogP contribution in [0, 0.1) is 23.6 Å². The molecule has 4 rings (SSSR count). The van der Waals surface area contributed by atoms with Crippen LogP contribution in [0.2, 0.25) is 0 Å². The van der Waals surface area contributed by atoms with Gasteiger partial charge in [0, 0.05) is 38.2 Å². The van der Waals surface area contributed by atoms with Crippen LogP contribution in [0.5, 0.6) is 0 Å². The summed E-state index contributed by atoms with van der Waals surface area (Å²) >= 11 is 0. The van der Waals surface area contributed by atoms with Gasteiger partial charge in [0.2, 0.25) is 5.95 Å². The van der Waals surface area contributed by atoms with Crippen LogP contribution in [0.1, 0.15) is 42.9 Å². The molecule has 1 aliphatic heterocycles. The first-order chi connectivity index (χ1) is 16.6. The molecule has 7 nitrogen and oxygen atoms in total. The second-order valence-corrected chi connectivity index (χ2v) is 9.23. The number of anilines is 1. The Balaban J connectivity index is 1.16. The summed E-state index contributed by atoms with van der Waals surface area (Å²) in [6.45, 7) is 5.62. The summed E-state index contributed by atoms with van der Waals surface area (Å²) in [6.07, 6.45) is 7.14. The Morgan fingerprint density at radius 2 is 1.91 bits per heavy atom. The van der Waals surface area contributed by atoms with Gasteiger partial charge in [-0.15, -0.1) is 0 Å². The number of carbonyl (C=O) groups excluding carboxylic acids is 1. The zero-order valence-corrected chi connectivity index (χ0v) is 20.0. The number of benzene rings is 1. The van der Waals surface area contributed by atoms with Crippen LogP contribution in [-0.4, -0.2) is 49.4 Å². The summed E-state index contributed by atoms with van der Waals surface area (Å²) < 4.78 is 30.2. The number of nitrogens with zero attached hydrogens (tertiary/aromatic N) is 3. The molecule has 2 fully saturated rings. The molecule has 2 aliphatic rings. The van der Waals surface area contributed by atoms with Crippen LogP contribution >= 0.6 is 0 Å². The number of rotatable bonds is 11. The monoisotopic (exact) mass is 471 g/mol. The van der Waals surface area contributed by atoms with Crippen LogP contribution in [0.25, 0.3) is 0 Å². The van der Waals surface area contributed by atoms with Crippen LogP contribution in [0.15, 0.2) is 30.6 Å². The van der Waals surface area contributed by atoms with Gasteiger partial charge in [0.15, 0.2) is 0 Å². The molecule has 1 aromatic heterocycles. The van der Waals surface area contributed by atoms with Crippen molar-refractivity contribution in [3.05, 3.63) is 53.1 Å². The van der Waals surface area contributed by atoms with Gasteiger partial charge in [0.05, 0.1) is 32.8 Å². The van der Waals surface area contributed by atoms with Crippen molar-refractivity contribution >= 4 is 11.9 Å². The van der Waals surface area contributed by atoms with E-state index in [2.05, 4.69) is 14.9 Å². The van der Waals surface area contributed by atoms with Crippen molar-refractivity contribution in [1.29, 1.82) is 0 Å². The number of halogens is 1. The van der Waals surface area contributed by atoms with Gasteiger partial charge in [0.25, 0.3) is 0 Å². The fourth-order valence-corrected chi connectivity index (χ4v) is 4.84. The van der Waals surface area contributed by atoms with E-state index in [9.17, 15) is 9.18 Å². The van der Waals surface area contributed by atoms with Gasteiger partial charge in [-0.05, 0) is 61.1 Å². The van der Waals surface area contributed by atoms with E-state index in [4.69, 9.17) is 14.2 Å². The lowest BCUT2D eigenvalue weighted by atomic mass is 9.91. The molecule has 34 heavy (non-hydrogen) atoms. The second kappa shape index (κ2) is 11.7. The summed E-state index contributed by atoms with van der Waals surface area (Å²) in [5.41, 5.74) is 2.12. The van der Waals surface area contributed by atoms with E-state index in [0.717, 1.165) is 54.8 Å². The van der Waals surface area contributed by atoms with Gasteiger partial charge >= 0.3 is 5.97 Å². The van der Waals surface area contributed by atoms with Gasteiger partial charge in [-0.3, -0.25) is 4.79 Å². The largest absolute Gasteiger partial charge is 0.466 e. The average molecular weight is 472 g/mol. The van der Waals surface area contributed by atoms with Gasteiger partial charge in [-0.1, -0.05) is 12.1 Å². The minimum atomic E-state index is -0.413. The van der Waals surface area contributed by atoms with Gasteiger partial charge in [-0.2, -0.15) is 0 Å². The molecule has 0 bridgehead atoms. The highest BCUT2D eigenvalue weighted by Crippen LogP contribution is 2.48. The highest BCUT2D eigenvalue weighted by atomic mass is 19.1. The predicted molar refractivity (Wildman–Crippen MR) is 126 cm³/mol. The third-order valence-corrected chi connectivity index (χ3v) is 6.77. The van der Waals surface area contributed by atoms with E-state index in [1.165, 1.54) is 12.5 Å². The minimum absolute atomic E-state index is 0.0470. The number of hydrogen-bond acceptors (Lipinski definition) is 7. The summed E-state index contributed by atoms with van der Waals surface area (Å²) in [4.78, 5) is 22.8. The molecule has 1 aromatic carbocycles. The Morgan fingerprint density at radius 3 is 2.59 bits per heavy atom. The average Bonchev–Trinajstić information content (AvgIpc) is 3.61. The van der Waals surface area contributed by atoms with E-state index < -0.39 is 5.97 Å². The van der Waals surface area contributed by atoms with Crippen molar-refractivity contribution in [2.45, 2.75) is 45.8 Å². The van der Waals surface area contributed by atoms with E-state index in [-0.39, 0.29) is 12.2 Å². The maximum absolute atomic E-state index is 14.3. The Morgan fingerprint density at radius 1 is 1.15 bits per heavy atom. The standard InChI is InChI=1S/C26H34FN3O4/c1-3-34-25(31)12-21-5-4-18(10-24(21)27)16-33-17-22-11-23(22)20-6-8-30(9-7-20)26-28-13-19(14-29-26)15-32-2/h4-5,10,13-14,20,22-23H,3,6-9,11-12,15-17H2,1-2H3/t22-,23?/m0/s1. The molecule has 0 radical (unpaired) electrons. The fraction of sp³-hybridized carbons (Fsp3) is 0.577. The predicted octanol–water partition coefficient (Wildman–Crippen LogP) is 3.94. The molecular formula is C26H34FN3O4. The number of esters is 1. The number of carbonyl (C=O) groups is 1. The van der Waals surface area contributed by atoms with Crippen molar-refractivity contribution in [2.24, 2.45) is 17.8 Å². The maximum atomic E-state index is 14.3. The quantitative estimate of drug-likeness (QED) is 0.460. The highest BCUT2D eigenvalue weighted by Gasteiger charge is 2.43.